The average Bonchev–Trinajstić information content (AvgIpc) is 3.23. The number of anilines is 1. The number of nitrogens with zero attached hydrogens (tertiary/aromatic N) is 3. The second-order valence-corrected chi connectivity index (χ2v) is 8.64. The van der Waals surface area contributed by atoms with Gasteiger partial charge in [0.05, 0.1) is 11.4 Å². The van der Waals surface area contributed by atoms with E-state index in [-0.39, 0.29) is 0 Å². The Morgan fingerprint density at radius 3 is 2.52 bits per heavy atom. The van der Waals surface area contributed by atoms with E-state index in [1.165, 1.54) is 33.3 Å². The van der Waals surface area contributed by atoms with Crippen LogP contribution in [0.25, 0.3) is 33.5 Å². The van der Waals surface area contributed by atoms with E-state index in [0.29, 0.717) is 0 Å². The molecule has 0 spiro atoms. The number of nitrogen functional groups attached to an aromatic ring is 1. The van der Waals surface area contributed by atoms with Crippen molar-refractivity contribution < 1.29 is 0 Å². The van der Waals surface area contributed by atoms with E-state index < -0.39 is 0 Å². The number of rotatable bonds is 4. The lowest BCUT2D eigenvalue weighted by Crippen LogP contribution is -2.31. The van der Waals surface area contributed by atoms with Crippen molar-refractivity contribution in [3.05, 3.63) is 102 Å². The second-order valence-electron chi connectivity index (χ2n) is 8.64. The van der Waals surface area contributed by atoms with Crippen LogP contribution in [0.2, 0.25) is 0 Å². The molecule has 162 valence electrons. The largest absolute Gasteiger partial charge is 0.399 e. The summed E-state index contributed by atoms with van der Waals surface area (Å²) >= 11 is 0. The molecule has 0 aliphatic carbocycles. The Hall–Kier alpha value is -3.96. The zero-order valence-electron chi connectivity index (χ0n) is 18.3. The van der Waals surface area contributed by atoms with Gasteiger partial charge in [0.1, 0.15) is 0 Å². The lowest BCUT2D eigenvalue weighted by atomic mass is 10.0. The Morgan fingerprint density at radius 1 is 0.879 bits per heavy atom. The minimum Gasteiger partial charge on any atom is -0.399 e. The van der Waals surface area contributed by atoms with Gasteiger partial charge in [0, 0.05) is 60.0 Å². The summed E-state index contributed by atoms with van der Waals surface area (Å²) < 4.78 is 0. The molecule has 1 aliphatic rings. The molecule has 5 nitrogen and oxygen atoms in total. The molecule has 0 fully saturated rings. The number of fused-ring (bicyclic) bond motifs is 2. The lowest BCUT2D eigenvalue weighted by Gasteiger charge is -2.28. The van der Waals surface area contributed by atoms with Crippen LogP contribution in [0.3, 0.4) is 0 Å². The summed E-state index contributed by atoms with van der Waals surface area (Å²) in [4.78, 5) is 15.7. The molecule has 2 aromatic heterocycles. The van der Waals surface area contributed by atoms with E-state index >= 15 is 0 Å². The van der Waals surface area contributed by atoms with Gasteiger partial charge in [-0.3, -0.25) is 4.90 Å². The van der Waals surface area contributed by atoms with Crippen molar-refractivity contribution in [1.29, 1.82) is 0 Å². The summed E-state index contributed by atoms with van der Waals surface area (Å²) in [5.41, 5.74) is 14.9. The van der Waals surface area contributed by atoms with Crippen molar-refractivity contribution in [3.63, 3.8) is 0 Å². The molecule has 1 aliphatic heterocycles. The van der Waals surface area contributed by atoms with Gasteiger partial charge in [-0.05, 0) is 41.5 Å². The molecule has 0 saturated heterocycles. The van der Waals surface area contributed by atoms with Gasteiger partial charge in [-0.25, -0.2) is 9.97 Å². The third-order valence-electron chi connectivity index (χ3n) is 6.44. The molecule has 3 aromatic carbocycles. The number of hydrogen-bond acceptors (Lipinski definition) is 4. The molecule has 3 heterocycles. The van der Waals surface area contributed by atoms with Gasteiger partial charge in [-0.15, -0.1) is 0 Å². The normalized spacial score (nSPS) is 13.8. The Balaban J connectivity index is 1.29. The Morgan fingerprint density at radius 2 is 1.67 bits per heavy atom. The number of aromatic nitrogens is 3. The highest BCUT2D eigenvalue weighted by molar-refractivity contribution is 5.90. The van der Waals surface area contributed by atoms with Crippen LogP contribution in [0.4, 0.5) is 5.69 Å². The zero-order valence-corrected chi connectivity index (χ0v) is 18.3. The fourth-order valence-corrected chi connectivity index (χ4v) is 4.72. The highest BCUT2D eigenvalue weighted by atomic mass is 15.1. The smallest absolute Gasteiger partial charge is 0.159 e. The van der Waals surface area contributed by atoms with E-state index in [0.717, 1.165) is 48.8 Å². The first kappa shape index (κ1) is 19.7. The van der Waals surface area contributed by atoms with Gasteiger partial charge in [0.25, 0.3) is 0 Å². The summed E-state index contributed by atoms with van der Waals surface area (Å²) in [7, 11) is 0. The maximum Gasteiger partial charge on any atom is 0.159 e. The third-order valence-corrected chi connectivity index (χ3v) is 6.44. The van der Waals surface area contributed by atoms with E-state index in [1.807, 2.05) is 30.5 Å². The van der Waals surface area contributed by atoms with Crippen molar-refractivity contribution in [3.8, 4) is 22.6 Å². The van der Waals surface area contributed by atoms with Crippen molar-refractivity contribution in [1.82, 2.24) is 19.9 Å². The first-order valence-corrected chi connectivity index (χ1v) is 11.3. The van der Waals surface area contributed by atoms with E-state index in [9.17, 15) is 0 Å². The Kier molecular flexibility index (Phi) is 4.89. The van der Waals surface area contributed by atoms with E-state index in [4.69, 9.17) is 10.7 Å². The summed E-state index contributed by atoms with van der Waals surface area (Å²) in [6.45, 7) is 2.71. The van der Waals surface area contributed by atoms with Crippen LogP contribution >= 0.6 is 0 Å². The number of benzene rings is 3. The average molecular weight is 432 g/mol. The van der Waals surface area contributed by atoms with Gasteiger partial charge >= 0.3 is 0 Å². The first-order valence-electron chi connectivity index (χ1n) is 11.3. The number of H-pyrrole nitrogens is 1. The Labute approximate surface area is 192 Å². The predicted octanol–water partition coefficient (Wildman–Crippen LogP) is 5.43. The summed E-state index contributed by atoms with van der Waals surface area (Å²) in [6, 6.07) is 26.9. The van der Waals surface area contributed by atoms with Crippen LogP contribution in [-0.4, -0.2) is 26.4 Å². The summed E-state index contributed by atoms with van der Waals surface area (Å²) in [5, 5.41) is 1.29. The molecule has 33 heavy (non-hydrogen) atoms. The maximum atomic E-state index is 5.82. The molecule has 0 unspecified atom stereocenters. The monoisotopic (exact) mass is 431 g/mol. The van der Waals surface area contributed by atoms with E-state index in [2.05, 4.69) is 69.5 Å². The fraction of sp³-hybridized carbons (Fsp3) is 0.143. The predicted molar refractivity (Wildman–Crippen MR) is 133 cm³/mol. The molecule has 6 rings (SSSR count). The quantitative estimate of drug-likeness (QED) is 0.372. The van der Waals surface area contributed by atoms with Gasteiger partial charge in [0.2, 0.25) is 0 Å². The van der Waals surface area contributed by atoms with Gasteiger partial charge < -0.3 is 10.7 Å². The van der Waals surface area contributed by atoms with Crippen molar-refractivity contribution in [2.24, 2.45) is 0 Å². The third kappa shape index (κ3) is 3.77. The van der Waals surface area contributed by atoms with Gasteiger partial charge in [-0.1, -0.05) is 48.5 Å². The second kappa shape index (κ2) is 8.19. The van der Waals surface area contributed by atoms with Crippen LogP contribution in [0.1, 0.15) is 16.8 Å². The van der Waals surface area contributed by atoms with Crippen molar-refractivity contribution in [2.75, 3.05) is 12.3 Å². The van der Waals surface area contributed by atoms with Crippen molar-refractivity contribution >= 4 is 16.6 Å². The number of para-hydroxylation sites is 1. The topological polar surface area (TPSA) is 70.8 Å². The van der Waals surface area contributed by atoms with Crippen LogP contribution in [0.5, 0.6) is 0 Å². The molecule has 0 atom stereocenters. The van der Waals surface area contributed by atoms with Crippen LogP contribution in [0.15, 0.2) is 85.1 Å². The fourth-order valence-electron chi connectivity index (χ4n) is 4.72. The number of nitrogens with two attached hydrogens (primary N) is 1. The standard InChI is InChI=1S/C28H25N5/c29-22-12-10-20(11-13-22)28-30-16-21-17-33(15-14-25(21)32-28)18-24-23-8-4-5-9-26(23)31-27(24)19-6-2-1-3-7-19/h1-13,16,31H,14-15,17-18,29H2. The molecule has 0 radical (unpaired) electrons. The van der Waals surface area contributed by atoms with Crippen molar-refractivity contribution in [2.45, 2.75) is 19.5 Å². The minimum atomic E-state index is 0.750. The van der Waals surface area contributed by atoms with Gasteiger partial charge in [0.15, 0.2) is 5.82 Å². The Bertz CT molecular complexity index is 1420. The van der Waals surface area contributed by atoms with Crippen LogP contribution in [-0.2, 0) is 19.5 Å². The maximum absolute atomic E-state index is 5.82. The number of aromatic amines is 1. The number of hydrogen-bond donors (Lipinski definition) is 2. The lowest BCUT2D eigenvalue weighted by molar-refractivity contribution is 0.244. The molecule has 0 bridgehead atoms. The number of nitrogens with one attached hydrogen (secondary N) is 1. The van der Waals surface area contributed by atoms with Crippen LogP contribution < -0.4 is 5.73 Å². The SMILES string of the molecule is Nc1ccc(-c2ncc3c(n2)CCN(Cc2c(-c4ccccc4)[nH]c4ccccc24)C3)cc1. The molecule has 5 aromatic rings. The first-order chi connectivity index (χ1) is 16.2. The van der Waals surface area contributed by atoms with E-state index in [1.54, 1.807) is 0 Å². The molecular formula is C28H25N5. The zero-order chi connectivity index (χ0) is 22.2. The summed E-state index contributed by atoms with van der Waals surface area (Å²) in [6.07, 6.45) is 2.91. The molecule has 0 saturated carbocycles. The molecule has 0 amide bonds. The minimum absolute atomic E-state index is 0.750. The molecule has 5 heteroatoms. The highest BCUT2D eigenvalue weighted by Crippen LogP contribution is 2.32. The molecular weight excluding hydrogens is 406 g/mol. The van der Waals surface area contributed by atoms with Gasteiger partial charge in [-0.2, -0.15) is 0 Å². The molecule has 3 N–H and O–H groups in total. The van der Waals surface area contributed by atoms with Crippen LogP contribution in [0, 0.1) is 0 Å². The highest BCUT2D eigenvalue weighted by Gasteiger charge is 2.22. The summed E-state index contributed by atoms with van der Waals surface area (Å²) in [5.74, 6) is 0.769.